The fraction of sp³-hybridized carbons (Fsp3) is 0.674. The molecule has 14 nitrogen and oxygen atoms in total. The predicted molar refractivity (Wildman–Crippen MR) is 251 cm³/mol. The number of methoxy groups -OCH3 is 2. The summed E-state index contributed by atoms with van der Waals surface area (Å²) in [4.78, 5) is 46.1. The summed E-state index contributed by atoms with van der Waals surface area (Å²) in [6.07, 6.45) is 2.60. The highest BCUT2D eigenvalue weighted by atomic mass is 28.4. The van der Waals surface area contributed by atoms with Gasteiger partial charge in [0.15, 0.2) is 39.6 Å². The van der Waals surface area contributed by atoms with Gasteiger partial charge in [0.1, 0.15) is 0 Å². The normalized spacial score (nSPS) is 17.6. The molecule has 2 aromatic rings. The van der Waals surface area contributed by atoms with Gasteiger partial charge in [0.2, 0.25) is 0 Å². The average molecular weight is 901 g/mol. The van der Waals surface area contributed by atoms with Crippen molar-refractivity contribution in [3.8, 4) is 23.0 Å². The van der Waals surface area contributed by atoms with Crippen LogP contribution in [0.4, 0.5) is 16.2 Å². The largest absolute Gasteiger partial charge is 0.493 e. The molecule has 2 aliphatic rings. The molecule has 0 aliphatic carbocycles. The first-order chi connectivity index (χ1) is 28.6. The Kier molecular flexibility index (Phi) is 16.2. The van der Waals surface area contributed by atoms with Crippen LogP contribution in [0.3, 0.4) is 0 Å². The zero-order valence-corrected chi connectivity index (χ0v) is 42.3. The number of nitrogens with two attached hydrogens (primary N) is 1. The fourth-order valence-corrected chi connectivity index (χ4v) is 9.37. The molecular formula is C46H76N4O10Si2. The van der Waals surface area contributed by atoms with Gasteiger partial charge in [0.25, 0.3) is 11.8 Å². The zero-order chi connectivity index (χ0) is 46.6. The lowest BCUT2D eigenvalue weighted by atomic mass is 10.0. The van der Waals surface area contributed by atoms with Gasteiger partial charge in [-0.05, 0) is 94.9 Å². The fourth-order valence-electron chi connectivity index (χ4n) is 7.29. The van der Waals surface area contributed by atoms with E-state index in [2.05, 4.69) is 67.7 Å². The highest BCUT2D eigenvalue weighted by Gasteiger charge is 2.42. The summed E-state index contributed by atoms with van der Waals surface area (Å²) >= 11 is 0. The second-order valence-corrected chi connectivity index (χ2v) is 30.3. The van der Waals surface area contributed by atoms with Gasteiger partial charge in [-0.25, -0.2) is 4.79 Å². The molecule has 0 aromatic heterocycles. The number of nitrogen functional groups attached to an aromatic ring is 1. The molecule has 62 heavy (non-hydrogen) atoms. The van der Waals surface area contributed by atoms with Crippen LogP contribution in [0.25, 0.3) is 0 Å². The number of anilines is 2. The molecule has 16 heteroatoms. The van der Waals surface area contributed by atoms with E-state index in [1.54, 1.807) is 45.0 Å². The summed E-state index contributed by atoms with van der Waals surface area (Å²) in [6.45, 7) is 29.8. The van der Waals surface area contributed by atoms with Crippen molar-refractivity contribution in [3.63, 3.8) is 0 Å². The van der Waals surface area contributed by atoms with E-state index < -0.39 is 28.3 Å². The molecular weight excluding hydrogens is 825 g/mol. The van der Waals surface area contributed by atoms with Gasteiger partial charge in [0.05, 0.1) is 69.5 Å². The lowest BCUT2D eigenvalue weighted by Crippen LogP contribution is -2.48. The minimum atomic E-state index is -2.08. The average Bonchev–Trinajstić information content (AvgIpc) is 3.84. The number of hydrogen-bond acceptors (Lipinski definition) is 10. The quantitative estimate of drug-likeness (QED) is 0.0883. The molecule has 0 spiro atoms. The summed E-state index contributed by atoms with van der Waals surface area (Å²) in [6, 6.07) is 6.25. The van der Waals surface area contributed by atoms with Crippen molar-refractivity contribution >= 4 is 45.9 Å². The standard InChI is InChI=1S/C46H76N4O10Si2/c1-44(2,3)50(43(53)54)36-28-40(38(56-11)26-34(36)42(52)49-22-17-20-32(49)30-60-62(14,15)46(7,8)9)58-24-18-23-57-39-27-35(47)33(25-37(39)55-10)41(51)48-21-16-19-31(48)29-59-61(12,13)45(4,5)6/h25-28,31-32H,16-24,29-30,47H2,1-15H3,(H,53,54)/t31-,32-/m0/s1. The third kappa shape index (κ3) is 11.8. The predicted octanol–water partition coefficient (Wildman–Crippen LogP) is 9.67. The third-order valence-corrected chi connectivity index (χ3v) is 22.1. The molecule has 2 atom stereocenters. The SMILES string of the molecule is COc1cc(C(=O)N2CCC[C@H]2CO[Si](C)(C)C(C)(C)C)c(N)cc1OCCCOc1cc(N(C(=O)O)C(C)(C)C)c(C(=O)N2CCC[C@H]2CO[Si](C)(C)C(C)(C)C)cc1OC. The first-order valence-electron chi connectivity index (χ1n) is 22.0. The zero-order valence-electron chi connectivity index (χ0n) is 40.3. The Balaban J connectivity index is 1.49. The molecule has 348 valence electrons. The molecule has 4 rings (SSSR count). The van der Waals surface area contributed by atoms with Gasteiger partial charge < -0.3 is 48.4 Å². The molecule has 2 aliphatic heterocycles. The maximum atomic E-state index is 14.5. The maximum Gasteiger partial charge on any atom is 0.412 e. The molecule has 0 radical (unpaired) electrons. The number of amides is 3. The molecule has 0 unspecified atom stereocenters. The van der Waals surface area contributed by atoms with Crippen LogP contribution in [0.5, 0.6) is 23.0 Å². The maximum absolute atomic E-state index is 14.5. The lowest BCUT2D eigenvalue weighted by Gasteiger charge is -2.38. The summed E-state index contributed by atoms with van der Waals surface area (Å²) < 4.78 is 36.8. The second-order valence-electron chi connectivity index (χ2n) is 20.7. The van der Waals surface area contributed by atoms with Crippen LogP contribution >= 0.6 is 0 Å². The van der Waals surface area contributed by atoms with E-state index in [0.29, 0.717) is 55.5 Å². The number of carbonyl (C=O) groups excluding carboxylic acids is 2. The van der Waals surface area contributed by atoms with E-state index >= 15 is 0 Å². The Hall–Kier alpha value is -4.00. The van der Waals surface area contributed by atoms with Crippen molar-refractivity contribution < 1.29 is 47.3 Å². The molecule has 3 amide bonds. The van der Waals surface area contributed by atoms with Crippen molar-refractivity contribution in [3.05, 3.63) is 35.4 Å². The van der Waals surface area contributed by atoms with E-state index in [1.807, 2.05) is 9.80 Å². The summed E-state index contributed by atoms with van der Waals surface area (Å²) in [5, 5.41) is 10.6. The number of hydrogen-bond donors (Lipinski definition) is 2. The summed E-state index contributed by atoms with van der Waals surface area (Å²) in [5.74, 6) is 0.908. The van der Waals surface area contributed by atoms with Gasteiger partial charge in [0, 0.05) is 42.9 Å². The summed E-state index contributed by atoms with van der Waals surface area (Å²) in [7, 11) is -1.06. The Bertz CT molecular complexity index is 1900. The minimum absolute atomic E-state index is 0.0185. The Labute approximate surface area is 372 Å². The van der Waals surface area contributed by atoms with Crippen molar-refractivity contribution in [2.45, 2.75) is 148 Å². The summed E-state index contributed by atoms with van der Waals surface area (Å²) in [5.41, 5.74) is 6.65. The second kappa shape index (κ2) is 19.8. The highest BCUT2D eigenvalue weighted by Crippen LogP contribution is 2.42. The van der Waals surface area contributed by atoms with Crippen LogP contribution in [0.15, 0.2) is 24.3 Å². The molecule has 2 saturated heterocycles. The number of rotatable bonds is 17. The van der Waals surface area contributed by atoms with Crippen molar-refractivity contribution in [1.29, 1.82) is 0 Å². The topological polar surface area (TPSA) is 163 Å². The third-order valence-electron chi connectivity index (χ3n) is 13.1. The first kappa shape index (κ1) is 50.6. The molecule has 3 N–H and O–H groups in total. The van der Waals surface area contributed by atoms with Gasteiger partial charge in [-0.1, -0.05) is 41.5 Å². The monoisotopic (exact) mass is 901 g/mol. The van der Waals surface area contributed by atoms with E-state index in [9.17, 15) is 19.5 Å². The lowest BCUT2D eigenvalue weighted by molar-refractivity contribution is 0.0678. The van der Waals surface area contributed by atoms with Crippen molar-refractivity contribution in [2.24, 2.45) is 0 Å². The molecule has 2 heterocycles. The number of nitrogens with zero attached hydrogens (tertiary/aromatic N) is 3. The number of benzene rings is 2. The highest BCUT2D eigenvalue weighted by molar-refractivity contribution is 6.74. The van der Waals surface area contributed by atoms with E-state index in [-0.39, 0.29) is 69.9 Å². The van der Waals surface area contributed by atoms with Crippen LogP contribution in [0.1, 0.15) is 115 Å². The number of likely N-dealkylation sites (tertiary alicyclic amines) is 2. The van der Waals surface area contributed by atoms with E-state index in [1.165, 1.54) is 19.1 Å². The Morgan fingerprint density at radius 1 is 0.694 bits per heavy atom. The first-order valence-corrected chi connectivity index (χ1v) is 27.8. The van der Waals surface area contributed by atoms with Gasteiger partial charge in [-0.3, -0.25) is 14.5 Å². The Morgan fingerprint density at radius 2 is 1.11 bits per heavy atom. The van der Waals surface area contributed by atoms with Crippen molar-refractivity contribution in [2.75, 3.05) is 64.4 Å². The van der Waals surface area contributed by atoms with Gasteiger partial charge in [-0.15, -0.1) is 0 Å². The molecule has 2 fully saturated rings. The van der Waals surface area contributed by atoms with E-state index in [4.69, 9.17) is 33.5 Å². The van der Waals surface area contributed by atoms with Crippen LogP contribution in [-0.4, -0.2) is 121 Å². The van der Waals surface area contributed by atoms with E-state index in [0.717, 1.165) is 25.7 Å². The van der Waals surface area contributed by atoms with Crippen molar-refractivity contribution in [1.82, 2.24) is 9.80 Å². The van der Waals surface area contributed by atoms with Crippen LogP contribution in [-0.2, 0) is 8.85 Å². The van der Waals surface area contributed by atoms with Gasteiger partial charge >= 0.3 is 6.09 Å². The Morgan fingerprint density at radius 3 is 1.52 bits per heavy atom. The van der Waals surface area contributed by atoms with Gasteiger partial charge in [-0.2, -0.15) is 0 Å². The number of carbonyl (C=O) groups is 3. The number of ether oxygens (including phenoxy) is 4. The number of carboxylic acid groups (broad SMARTS) is 1. The smallest absolute Gasteiger partial charge is 0.412 e. The molecule has 2 aromatic carbocycles. The van der Waals surface area contributed by atoms with Crippen LogP contribution < -0.4 is 29.6 Å². The van der Waals surface area contributed by atoms with Crippen LogP contribution in [0, 0.1) is 0 Å². The molecule has 0 saturated carbocycles. The minimum Gasteiger partial charge on any atom is -0.493 e. The van der Waals surface area contributed by atoms with Crippen LogP contribution in [0.2, 0.25) is 36.3 Å². The molecule has 0 bridgehead atoms.